The number of nitrogens with zero attached hydrogens (tertiary/aromatic N) is 2. The van der Waals surface area contributed by atoms with Crippen LogP contribution in [0.3, 0.4) is 0 Å². The smallest absolute Gasteiger partial charge is 0.117 e. The van der Waals surface area contributed by atoms with Crippen LogP contribution in [0.5, 0.6) is 0 Å². The summed E-state index contributed by atoms with van der Waals surface area (Å²) in [5.41, 5.74) is -0.452. The van der Waals surface area contributed by atoms with Crippen LogP contribution in [0.15, 0.2) is 22.8 Å². The van der Waals surface area contributed by atoms with Crippen LogP contribution >= 0.6 is 0 Å². The third kappa shape index (κ3) is 2.33. The molecule has 3 heteroatoms. The zero-order valence-corrected chi connectivity index (χ0v) is 8.24. The highest BCUT2D eigenvalue weighted by atomic mass is 16.3. The largest absolute Gasteiger partial charge is 0.468 e. The molecule has 1 aromatic heterocycles. The van der Waals surface area contributed by atoms with Gasteiger partial charge in [0, 0.05) is 0 Å². The van der Waals surface area contributed by atoms with Gasteiger partial charge in [0.2, 0.25) is 0 Å². The van der Waals surface area contributed by atoms with Gasteiger partial charge in [0.15, 0.2) is 0 Å². The first kappa shape index (κ1) is 9.82. The Balaban J connectivity index is 2.62. The monoisotopic (exact) mass is 178 g/mol. The summed E-state index contributed by atoms with van der Waals surface area (Å²) in [4.78, 5) is 1.95. The number of furan rings is 1. The minimum absolute atomic E-state index is 0.452. The normalized spacial score (nSPS) is 11.6. The summed E-state index contributed by atoms with van der Waals surface area (Å²) >= 11 is 0. The maximum atomic E-state index is 8.87. The first-order chi connectivity index (χ1) is 6.06. The molecule has 3 nitrogen and oxygen atoms in total. The van der Waals surface area contributed by atoms with Crippen LogP contribution in [0.4, 0.5) is 0 Å². The Hall–Kier alpha value is -1.27. The summed E-state index contributed by atoms with van der Waals surface area (Å²) in [6.45, 7) is 4.43. The highest BCUT2D eigenvalue weighted by Crippen LogP contribution is 2.14. The molecular weight excluding hydrogens is 164 g/mol. The molecule has 0 aliphatic carbocycles. The number of hydrogen-bond acceptors (Lipinski definition) is 3. The molecule has 1 rings (SSSR count). The van der Waals surface area contributed by atoms with Gasteiger partial charge in [0.05, 0.1) is 18.9 Å². The number of nitriles is 1. The highest BCUT2D eigenvalue weighted by Gasteiger charge is 2.23. The number of hydrogen-bond donors (Lipinski definition) is 0. The van der Waals surface area contributed by atoms with Crippen LogP contribution in [-0.4, -0.2) is 17.5 Å². The zero-order chi connectivity index (χ0) is 9.90. The van der Waals surface area contributed by atoms with E-state index in [1.54, 1.807) is 6.26 Å². The van der Waals surface area contributed by atoms with Crippen LogP contribution in [0, 0.1) is 11.3 Å². The maximum Gasteiger partial charge on any atom is 0.117 e. The Morgan fingerprint density at radius 2 is 2.31 bits per heavy atom. The van der Waals surface area contributed by atoms with E-state index in [4.69, 9.17) is 9.68 Å². The molecule has 0 bridgehead atoms. The Labute approximate surface area is 78.6 Å². The summed E-state index contributed by atoms with van der Waals surface area (Å²) in [7, 11) is 1.91. The third-order valence-electron chi connectivity index (χ3n) is 2.20. The highest BCUT2D eigenvalue weighted by molar-refractivity contribution is 5.04. The lowest BCUT2D eigenvalue weighted by atomic mass is 10.1. The molecule has 0 radical (unpaired) electrons. The minimum Gasteiger partial charge on any atom is -0.468 e. The van der Waals surface area contributed by atoms with E-state index in [9.17, 15) is 0 Å². The van der Waals surface area contributed by atoms with Crippen molar-refractivity contribution in [3.05, 3.63) is 24.2 Å². The van der Waals surface area contributed by atoms with E-state index in [0.29, 0.717) is 6.54 Å². The van der Waals surface area contributed by atoms with Gasteiger partial charge in [0.25, 0.3) is 0 Å². The van der Waals surface area contributed by atoms with Gasteiger partial charge in [-0.15, -0.1) is 0 Å². The van der Waals surface area contributed by atoms with Crippen molar-refractivity contribution in [3.63, 3.8) is 0 Å². The van der Waals surface area contributed by atoms with Crippen LogP contribution in [-0.2, 0) is 6.54 Å². The first-order valence-electron chi connectivity index (χ1n) is 4.21. The molecule has 0 fully saturated rings. The topological polar surface area (TPSA) is 40.2 Å². The molecule has 70 valence electrons. The Morgan fingerprint density at radius 3 is 2.77 bits per heavy atom. The standard InChI is InChI=1S/C10H14N2O/c1-10(2,8-11)12(3)7-9-5-4-6-13-9/h4-6H,7H2,1-3H3. The van der Waals surface area contributed by atoms with Crippen molar-refractivity contribution in [1.29, 1.82) is 5.26 Å². The molecule has 0 aliphatic heterocycles. The summed E-state index contributed by atoms with van der Waals surface area (Å²) in [6.07, 6.45) is 1.64. The fraction of sp³-hybridized carbons (Fsp3) is 0.500. The fourth-order valence-electron chi connectivity index (χ4n) is 0.919. The van der Waals surface area contributed by atoms with Crippen molar-refractivity contribution in [2.45, 2.75) is 25.9 Å². The minimum atomic E-state index is -0.452. The predicted molar refractivity (Wildman–Crippen MR) is 49.9 cm³/mol. The van der Waals surface area contributed by atoms with E-state index in [-0.39, 0.29) is 0 Å². The Bertz CT molecular complexity index is 295. The van der Waals surface area contributed by atoms with Crippen molar-refractivity contribution in [2.24, 2.45) is 0 Å². The van der Waals surface area contributed by atoms with Gasteiger partial charge in [-0.25, -0.2) is 0 Å². The van der Waals surface area contributed by atoms with E-state index < -0.39 is 5.54 Å². The zero-order valence-electron chi connectivity index (χ0n) is 8.24. The number of rotatable bonds is 3. The van der Waals surface area contributed by atoms with Crippen molar-refractivity contribution in [2.75, 3.05) is 7.05 Å². The molecule has 1 aromatic rings. The van der Waals surface area contributed by atoms with Crippen molar-refractivity contribution >= 4 is 0 Å². The molecular formula is C10H14N2O. The SMILES string of the molecule is CN(Cc1ccco1)C(C)(C)C#N. The molecule has 1 heterocycles. The van der Waals surface area contributed by atoms with E-state index >= 15 is 0 Å². The van der Waals surface area contributed by atoms with Crippen LogP contribution in [0.1, 0.15) is 19.6 Å². The van der Waals surface area contributed by atoms with Gasteiger partial charge in [-0.05, 0) is 33.0 Å². The lowest BCUT2D eigenvalue weighted by Crippen LogP contribution is -2.38. The summed E-state index contributed by atoms with van der Waals surface area (Å²) < 4.78 is 5.19. The molecule has 0 spiro atoms. The molecule has 0 aromatic carbocycles. The molecule has 0 saturated carbocycles. The van der Waals surface area contributed by atoms with Gasteiger partial charge >= 0.3 is 0 Å². The molecule has 0 aliphatic rings. The molecule has 0 N–H and O–H groups in total. The molecule has 0 atom stereocenters. The molecule has 0 saturated heterocycles. The van der Waals surface area contributed by atoms with E-state index in [1.807, 2.05) is 37.9 Å². The van der Waals surface area contributed by atoms with Crippen LogP contribution in [0.2, 0.25) is 0 Å². The van der Waals surface area contributed by atoms with E-state index in [0.717, 1.165) is 5.76 Å². The lowest BCUT2D eigenvalue weighted by Gasteiger charge is -2.27. The fourth-order valence-corrected chi connectivity index (χ4v) is 0.919. The molecule has 0 unspecified atom stereocenters. The summed E-state index contributed by atoms with van der Waals surface area (Å²) in [5, 5.41) is 8.87. The van der Waals surface area contributed by atoms with E-state index in [2.05, 4.69) is 6.07 Å². The first-order valence-corrected chi connectivity index (χ1v) is 4.21. The quantitative estimate of drug-likeness (QED) is 0.710. The second kappa shape index (κ2) is 3.63. The van der Waals surface area contributed by atoms with Crippen LogP contribution in [0.25, 0.3) is 0 Å². The lowest BCUT2D eigenvalue weighted by molar-refractivity contribution is 0.188. The third-order valence-corrected chi connectivity index (χ3v) is 2.20. The Kier molecular flexibility index (Phi) is 2.74. The predicted octanol–water partition coefficient (Wildman–Crippen LogP) is 2.01. The van der Waals surface area contributed by atoms with E-state index in [1.165, 1.54) is 0 Å². The Morgan fingerprint density at radius 1 is 1.62 bits per heavy atom. The van der Waals surface area contributed by atoms with Crippen LogP contribution < -0.4 is 0 Å². The van der Waals surface area contributed by atoms with Gasteiger partial charge in [-0.3, -0.25) is 4.90 Å². The van der Waals surface area contributed by atoms with Crippen molar-refractivity contribution < 1.29 is 4.42 Å². The van der Waals surface area contributed by atoms with Gasteiger partial charge < -0.3 is 4.42 Å². The van der Waals surface area contributed by atoms with Crippen molar-refractivity contribution in [3.8, 4) is 6.07 Å². The molecule has 0 amide bonds. The maximum absolute atomic E-state index is 8.87. The average molecular weight is 178 g/mol. The summed E-state index contributed by atoms with van der Waals surface area (Å²) in [5.74, 6) is 0.880. The second-order valence-electron chi connectivity index (χ2n) is 3.61. The second-order valence-corrected chi connectivity index (χ2v) is 3.61. The van der Waals surface area contributed by atoms with Gasteiger partial charge in [-0.2, -0.15) is 5.26 Å². The van der Waals surface area contributed by atoms with Gasteiger partial charge in [-0.1, -0.05) is 0 Å². The average Bonchev–Trinajstić information content (AvgIpc) is 2.57. The summed E-state index contributed by atoms with van der Waals surface area (Å²) in [6, 6.07) is 5.99. The molecule has 13 heavy (non-hydrogen) atoms. The van der Waals surface area contributed by atoms with Crippen molar-refractivity contribution in [1.82, 2.24) is 4.90 Å². The van der Waals surface area contributed by atoms with Gasteiger partial charge in [0.1, 0.15) is 11.3 Å².